The highest BCUT2D eigenvalue weighted by Crippen LogP contribution is 2.40. The molecule has 1 aliphatic heterocycles. The normalized spacial score (nSPS) is 25.1. The minimum Gasteiger partial charge on any atom is -0.379 e. The molecule has 2 aliphatic rings. The van der Waals surface area contributed by atoms with Crippen LogP contribution in [0.25, 0.3) is 0 Å². The van der Waals surface area contributed by atoms with E-state index in [-0.39, 0.29) is 17.8 Å². The second kappa shape index (κ2) is 5.10. The lowest BCUT2D eigenvalue weighted by molar-refractivity contribution is -0.384. The Balaban J connectivity index is 1.80. The molecular weight excluding hydrogens is 258 g/mol. The minimum atomic E-state index is -0.490. The van der Waals surface area contributed by atoms with Gasteiger partial charge in [-0.2, -0.15) is 5.26 Å². The van der Waals surface area contributed by atoms with Crippen molar-refractivity contribution < 1.29 is 9.66 Å². The van der Waals surface area contributed by atoms with Crippen molar-refractivity contribution >= 4 is 11.4 Å². The quantitative estimate of drug-likeness (QED) is 0.672. The van der Waals surface area contributed by atoms with E-state index in [1.807, 2.05) is 6.07 Å². The van der Waals surface area contributed by atoms with Crippen molar-refractivity contribution in [3.8, 4) is 6.07 Å². The Labute approximate surface area is 116 Å². The summed E-state index contributed by atoms with van der Waals surface area (Å²) in [5, 5.41) is 23.2. The van der Waals surface area contributed by atoms with Crippen LogP contribution in [-0.4, -0.2) is 23.7 Å². The van der Waals surface area contributed by atoms with Crippen molar-refractivity contribution in [2.24, 2.45) is 5.92 Å². The van der Waals surface area contributed by atoms with E-state index in [4.69, 9.17) is 10.00 Å². The van der Waals surface area contributed by atoms with Gasteiger partial charge in [0.1, 0.15) is 6.07 Å². The van der Waals surface area contributed by atoms with Crippen LogP contribution in [0.2, 0.25) is 0 Å². The second-order valence-corrected chi connectivity index (χ2v) is 5.31. The van der Waals surface area contributed by atoms with Crippen LogP contribution in [0.5, 0.6) is 0 Å². The monoisotopic (exact) mass is 273 g/mol. The third kappa shape index (κ3) is 2.45. The average molecular weight is 273 g/mol. The number of non-ortho nitro benzene ring substituents is 1. The highest BCUT2D eigenvalue weighted by atomic mass is 16.6. The summed E-state index contributed by atoms with van der Waals surface area (Å²) in [6, 6.07) is 6.55. The van der Waals surface area contributed by atoms with Crippen LogP contribution in [0.4, 0.5) is 11.4 Å². The molecule has 20 heavy (non-hydrogen) atoms. The molecule has 0 aromatic heterocycles. The van der Waals surface area contributed by atoms with Crippen LogP contribution < -0.4 is 5.32 Å². The van der Waals surface area contributed by atoms with E-state index in [0.29, 0.717) is 17.2 Å². The first kappa shape index (κ1) is 12.9. The first-order valence-electron chi connectivity index (χ1n) is 6.75. The highest BCUT2D eigenvalue weighted by molar-refractivity contribution is 5.62. The largest absolute Gasteiger partial charge is 0.379 e. The number of nitriles is 1. The van der Waals surface area contributed by atoms with Gasteiger partial charge in [0.15, 0.2) is 0 Å². The number of hydrogen-bond donors (Lipinski definition) is 1. The molecule has 3 rings (SSSR count). The number of hydrogen-bond acceptors (Lipinski definition) is 5. The number of nitro benzene ring substituents is 1. The van der Waals surface area contributed by atoms with E-state index in [1.54, 1.807) is 6.07 Å². The molecule has 0 radical (unpaired) electrons. The van der Waals surface area contributed by atoms with Crippen LogP contribution in [0.15, 0.2) is 18.2 Å². The number of nitrogens with one attached hydrogen (secondary N) is 1. The van der Waals surface area contributed by atoms with Crippen molar-refractivity contribution in [2.45, 2.75) is 31.4 Å². The molecule has 104 valence electrons. The summed E-state index contributed by atoms with van der Waals surface area (Å²) in [5.41, 5.74) is 0.897. The molecule has 2 fully saturated rings. The Kier molecular flexibility index (Phi) is 3.28. The zero-order chi connectivity index (χ0) is 14.1. The topological polar surface area (TPSA) is 88.2 Å². The van der Waals surface area contributed by atoms with Gasteiger partial charge >= 0.3 is 0 Å². The molecule has 1 aliphatic carbocycles. The van der Waals surface area contributed by atoms with Crippen LogP contribution in [0.1, 0.15) is 24.8 Å². The number of rotatable bonds is 4. The van der Waals surface area contributed by atoms with Crippen LogP contribution in [-0.2, 0) is 4.74 Å². The smallest absolute Gasteiger partial charge is 0.270 e. The summed E-state index contributed by atoms with van der Waals surface area (Å²) >= 11 is 0. The van der Waals surface area contributed by atoms with Gasteiger partial charge in [0.05, 0.1) is 28.3 Å². The summed E-state index contributed by atoms with van der Waals surface area (Å²) in [7, 11) is 0. The van der Waals surface area contributed by atoms with E-state index in [2.05, 4.69) is 5.32 Å². The molecule has 1 aromatic rings. The molecule has 6 heteroatoms. The SMILES string of the molecule is N#Cc1cc([N+](=O)[O-])ccc1NC1CCOC1C1CC1. The van der Waals surface area contributed by atoms with Crippen LogP contribution in [0, 0.1) is 27.4 Å². The van der Waals surface area contributed by atoms with Crippen molar-refractivity contribution in [2.75, 3.05) is 11.9 Å². The molecule has 2 unspecified atom stereocenters. The molecule has 0 amide bonds. The third-order valence-electron chi connectivity index (χ3n) is 3.90. The molecule has 1 N–H and O–H groups in total. The van der Waals surface area contributed by atoms with Gasteiger partial charge in [-0.25, -0.2) is 0 Å². The average Bonchev–Trinajstić information content (AvgIpc) is 3.19. The van der Waals surface area contributed by atoms with Crippen molar-refractivity contribution in [3.63, 3.8) is 0 Å². The highest BCUT2D eigenvalue weighted by Gasteiger charge is 2.40. The third-order valence-corrected chi connectivity index (χ3v) is 3.90. The van der Waals surface area contributed by atoms with Crippen molar-refractivity contribution in [1.29, 1.82) is 5.26 Å². The summed E-state index contributed by atoms with van der Waals surface area (Å²) < 4.78 is 5.74. The van der Waals surface area contributed by atoms with E-state index in [1.165, 1.54) is 25.0 Å². The Hall–Kier alpha value is -2.13. The minimum absolute atomic E-state index is 0.0616. The Morgan fingerprint density at radius 3 is 2.85 bits per heavy atom. The van der Waals surface area contributed by atoms with Gasteiger partial charge in [0.25, 0.3) is 5.69 Å². The number of anilines is 1. The maximum absolute atomic E-state index is 10.7. The summed E-state index contributed by atoms with van der Waals surface area (Å²) in [6.45, 7) is 0.730. The first-order valence-corrected chi connectivity index (χ1v) is 6.75. The predicted molar refractivity (Wildman–Crippen MR) is 72.3 cm³/mol. The fraction of sp³-hybridized carbons (Fsp3) is 0.500. The summed E-state index contributed by atoms with van der Waals surface area (Å²) in [4.78, 5) is 10.2. The van der Waals surface area contributed by atoms with Gasteiger partial charge < -0.3 is 10.1 Å². The molecule has 6 nitrogen and oxygen atoms in total. The molecule has 1 heterocycles. The number of nitrogens with zero attached hydrogens (tertiary/aromatic N) is 2. The second-order valence-electron chi connectivity index (χ2n) is 5.31. The molecule has 2 atom stereocenters. The Morgan fingerprint density at radius 2 is 2.20 bits per heavy atom. The van der Waals surface area contributed by atoms with Crippen molar-refractivity contribution in [3.05, 3.63) is 33.9 Å². The van der Waals surface area contributed by atoms with Gasteiger partial charge in [-0.3, -0.25) is 10.1 Å². The fourth-order valence-corrected chi connectivity index (χ4v) is 2.72. The first-order chi connectivity index (χ1) is 9.69. The van der Waals surface area contributed by atoms with Crippen LogP contribution >= 0.6 is 0 Å². The predicted octanol–water partition coefficient (Wildman–Crippen LogP) is 2.45. The van der Waals surface area contributed by atoms with Gasteiger partial charge in [-0.05, 0) is 31.2 Å². The van der Waals surface area contributed by atoms with Gasteiger partial charge in [0, 0.05) is 18.7 Å². The van der Waals surface area contributed by atoms with Crippen LogP contribution in [0.3, 0.4) is 0 Å². The van der Waals surface area contributed by atoms with Gasteiger partial charge in [0.2, 0.25) is 0 Å². The zero-order valence-corrected chi connectivity index (χ0v) is 10.9. The number of ether oxygens (including phenoxy) is 1. The molecule has 0 bridgehead atoms. The Bertz CT molecular complexity index is 578. The lowest BCUT2D eigenvalue weighted by atomic mass is 10.0. The molecule has 1 aromatic carbocycles. The van der Waals surface area contributed by atoms with Gasteiger partial charge in [-0.1, -0.05) is 0 Å². The maximum atomic E-state index is 10.7. The van der Waals surface area contributed by atoms with E-state index in [0.717, 1.165) is 13.0 Å². The zero-order valence-electron chi connectivity index (χ0n) is 10.9. The standard InChI is InChI=1S/C14H15N3O3/c15-8-10-7-11(17(18)19)3-4-12(10)16-13-5-6-20-14(13)9-1-2-9/h3-4,7,9,13-14,16H,1-2,5-6H2. The molecule has 0 spiro atoms. The summed E-state index contributed by atoms with van der Waals surface area (Å²) in [6.07, 6.45) is 3.52. The fourth-order valence-electron chi connectivity index (χ4n) is 2.72. The molecule has 1 saturated carbocycles. The Morgan fingerprint density at radius 1 is 1.40 bits per heavy atom. The number of benzene rings is 1. The van der Waals surface area contributed by atoms with E-state index >= 15 is 0 Å². The van der Waals surface area contributed by atoms with E-state index in [9.17, 15) is 10.1 Å². The molecule has 1 saturated heterocycles. The van der Waals surface area contributed by atoms with Crippen molar-refractivity contribution in [1.82, 2.24) is 0 Å². The lowest BCUT2D eigenvalue weighted by Crippen LogP contribution is -2.31. The summed E-state index contributed by atoms with van der Waals surface area (Å²) in [5.74, 6) is 0.624. The molecular formula is C14H15N3O3. The lowest BCUT2D eigenvalue weighted by Gasteiger charge is -2.21. The number of nitro groups is 1. The van der Waals surface area contributed by atoms with E-state index < -0.39 is 4.92 Å². The van der Waals surface area contributed by atoms with Gasteiger partial charge in [-0.15, -0.1) is 0 Å². The maximum Gasteiger partial charge on any atom is 0.270 e.